The molecule has 1 aliphatic carbocycles. The first-order chi connectivity index (χ1) is 12.0. The van der Waals surface area contributed by atoms with Gasteiger partial charge in [-0.05, 0) is 44.0 Å². The zero-order valence-corrected chi connectivity index (χ0v) is 17.2. The fourth-order valence-electron chi connectivity index (χ4n) is 3.73. The maximum Gasteiger partial charge on any atom is 0.225 e. The Hall–Kier alpha value is -1.27. The van der Waals surface area contributed by atoms with Crippen molar-refractivity contribution >= 4 is 40.9 Å². The van der Waals surface area contributed by atoms with Crippen molar-refractivity contribution in [3.63, 3.8) is 0 Å². The van der Waals surface area contributed by atoms with Crippen LogP contribution in [0, 0.1) is 5.82 Å². The van der Waals surface area contributed by atoms with Gasteiger partial charge >= 0.3 is 0 Å². The highest BCUT2D eigenvalue weighted by Crippen LogP contribution is 2.36. The lowest BCUT2D eigenvalue weighted by atomic mass is 9.96. The second-order valence-electron chi connectivity index (χ2n) is 6.92. The molecule has 1 heterocycles. The van der Waals surface area contributed by atoms with Crippen LogP contribution in [0.3, 0.4) is 0 Å². The Morgan fingerprint density at radius 2 is 1.85 bits per heavy atom. The van der Waals surface area contributed by atoms with E-state index < -0.39 is 0 Å². The number of carbonyl (C=O) groups is 1. The maximum absolute atomic E-state index is 13.3. The van der Waals surface area contributed by atoms with Gasteiger partial charge in [0.25, 0.3) is 0 Å². The number of carbonyl (C=O) groups excluding carboxylic acids is 1. The minimum atomic E-state index is -0.297. The zero-order chi connectivity index (χ0) is 18.0. The lowest BCUT2D eigenvalue weighted by Crippen LogP contribution is -2.50. The maximum atomic E-state index is 13.3. The highest BCUT2D eigenvalue weighted by Gasteiger charge is 2.40. The Labute approximate surface area is 165 Å². The molecule has 1 aromatic rings. The number of halogens is 2. The van der Waals surface area contributed by atoms with Crippen LogP contribution >= 0.6 is 24.2 Å². The van der Waals surface area contributed by atoms with Gasteiger partial charge in [0.15, 0.2) is 5.17 Å². The molecule has 2 fully saturated rings. The first-order valence-corrected chi connectivity index (χ1v) is 9.88. The van der Waals surface area contributed by atoms with E-state index in [2.05, 4.69) is 11.8 Å². The van der Waals surface area contributed by atoms with Gasteiger partial charge in [-0.25, -0.2) is 4.39 Å². The van der Waals surface area contributed by atoms with Gasteiger partial charge in [-0.3, -0.25) is 14.7 Å². The van der Waals surface area contributed by atoms with Crippen LogP contribution in [0.2, 0.25) is 0 Å². The summed E-state index contributed by atoms with van der Waals surface area (Å²) in [6, 6.07) is 6.53. The first kappa shape index (κ1) is 21.0. The molecule has 2 aliphatic rings. The van der Waals surface area contributed by atoms with E-state index in [4.69, 9.17) is 4.99 Å². The van der Waals surface area contributed by atoms with Crippen molar-refractivity contribution in [2.75, 3.05) is 11.9 Å². The molecule has 1 aliphatic heterocycles. The molecular formula is C19H27ClFN3OS. The summed E-state index contributed by atoms with van der Waals surface area (Å²) in [4.78, 5) is 21.2. The van der Waals surface area contributed by atoms with Gasteiger partial charge in [0.1, 0.15) is 12.0 Å². The molecular weight excluding hydrogens is 373 g/mol. The highest BCUT2D eigenvalue weighted by atomic mass is 35.5. The summed E-state index contributed by atoms with van der Waals surface area (Å²) in [6.45, 7) is 3.68. The number of rotatable bonds is 3. The molecule has 0 radical (unpaired) electrons. The Morgan fingerprint density at radius 1 is 1.23 bits per heavy atom. The van der Waals surface area contributed by atoms with Gasteiger partial charge in [0, 0.05) is 24.9 Å². The minimum Gasteiger partial charge on any atom is -0.333 e. The van der Waals surface area contributed by atoms with Crippen molar-refractivity contribution < 1.29 is 9.18 Å². The molecule has 4 nitrogen and oxygen atoms in total. The minimum absolute atomic E-state index is 0. The molecule has 0 bridgehead atoms. The second-order valence-corrected chi connectivity index (χ2v) is 8.26. The molecule has 1 amide bonds. The molecule has 1 saturated heterocycles. The highest BCUT2D eigenvalue weighted by molar-refractivity contribution is 8.14. The van der Waals surface area contributed by atoms with Crippen LogP contribution in [-0.2, 0) is 4.79 Å². The number of thioether (sulfide) groups is 1. The third kappa shape index (κ3) is 4.52. The number of amides is 1. The molecule has 2 atom stereocenters. The predicted molar refractivity (Wildman–Crippen MR) is 110 cm³/mol. The van der Waals surface area contributed by atoms with E-state index in [1.165, 1.54) is 31.4 Å². The normalized spacial score (nSPS) is 25.2. The fourth-order valence-corrected chi connectivity index (χ4v) is 4.97. The second kappa shape index (κ2) is 9.09. The van der Waals surface area contributed by atoms with E-state index in [0.29, 0.717) is 6.04 Å². The van der Waals surface area contributed by atoms with E-state index in [-0.39, 0.29) is 35.5 Å². The van der Waals surface area contributed by atoms with Crippen molar-refractivity contribution in [2.24, 2.45) is 4.99 Å². The number of aliphatic imine (C=N–C) groups is 1. The number of benzene rings is 1. The lowest BCUT2D eigenvalue weighted by molar-refractivity contribution is -0.117. The Bertz CT molecular complexity index is 649. The summed E-state index contributed by atoms with van der Waals surface area (Å²) < 4.78 is 13.3. The molecule has 0 N–H and O–H groups in total. The molecule has 7 heteroatoms. The molecule has 2 unspecified atom stereocenters. The summed E-state index contributed by atoms with van der Waals surface area (Å²) in [5, 5.41) is 1.21. The molecule has 26 heavy (non-hydrogen) atoms. The van der Waals surface area contributed by atoms with E-state index >= 15 is 0 Å². The van der Waals surface area contributed by atoms with Crippen molar-refractivity contribution in [1.29, 1.82) is 0 Å². The number of amidine groups is 1. The number of anilines is 1. The van der Waals surface area contributed by atoms with Crippen LogP contribution in [0.25, 0.3) is 0 Å². The standard InChI is InChI=1S/C19H26FN3OS.ClH/c1-13-18(23(14(2)24)17-11-9-15(20)10-12-17)22(3)19(25-13)21-16-7-5-4-6-8-16;/h9-13,16,18H,4-8H2,1-3H3;1H. The van der Waals surface area contributed by atoms with Crippen molar-refractivity contribution in [3.05, 3.63) is 30.1 Å². The van der Waals surface area contributed by atoms with Crippen LogP contribution in [0.15, 0.2) is 29.3 Å². The Kier molecular flexibility index (Phi) is 7.35. The fraction of sp³-hybridized carbons (Fsp3) is 0.579. The molecule has 1 saturated carbocycles. The average Bonchev–Trinajstić information content (AvgIpc) is 2.85. The molecule has 0 aromatic heterocycles. The van der Waals surface area contributed by atoms with E-state index in [1.807, 2.05) is 7.05 Å². The SMILES string of the molecule is CC(=O)N(c1ccc(F)cc1)C1C(C)SC(=NC2CCCCC2)N1C.Cl. The van der Waals surface area contributed by atoms with Crippen LogP contribution in [0.4, 0.5) is 10.1 Å². The van der Waals surface area contributed by atoms with Crippen LogP contribution in [0.1, 0.15) is 46.0 Å². The first-order valence-electron chi connectivity index (χ1n) is 9.00. The van der Waals surface area contributed by atoms with E-state index in [1.54, 1.807) is 35.7 Å². The zero-order valence-electron chi connectivity index (χ0n) is 15.5. The average molecular weight is 400 g/mol. The topological polar surface area (TPSA) is 35.9 Å². The number of hydrogen-bond acceptors (Lipinski definition) is 3. The van der Waals surface area contributed by atoms with Gasteiger partial charge in [0.05, 0.1) is 6.04 Å². The molecule has 1 aromatic carbocycles. The van der Waals surface area contributed by atoms with Crippen LogP contribution in [0.5, 0.6) is 0 Å². The van der Waals surface area contributed by atoms with Crippen molar-refractivity contribution in [2.45, 2.75) is 63.4 Å². The number of hydrogen-bond donors (Lipinski definition) is 0. The van der Waals surface area contributed by atoms with E-state index in [9.17, 15) is 9.18 Å². The monoisotopic (exact) mass is 399 g/mol. The molecule has 144 valence electrons. The Morgan fingerprint density at radius 3 is 2.42 bits per heavy atom. The summed E-state index contributed by atoms with van der Waals surface area (Å²) in [5.41, 5.74) is 0.720. The largest absolute Gasteiger partial charge is 0.333 e. The summed E-state index contributed by atoms with van der Waals surface area (Å²) in [7, 11) is 2.00. The summed E-state index contributed by atoms with van der Waals surface area (Å²) in [5.74, 6) is -0.344. The lowest BCUT2D eigenvalue weighted by Gasteiger charge is -2.35. The van der Waals surface area contributed by atoms with Gasteiger partial charge in [-0.15, -0.1) is 12.4 Å². The summed E-state index contributed by atoms with van der Waals surface area (Å²) >= 11 is 1.73. The van der Waals surface area contributed by atoms with Crippen LogP contribution in [-0.4, -0.2) is 40.5 Å². The molecule has 0 spiro atoms. The Balaban J connectivity index is 0.00000243. The van der Waals surface area contributed by atoms with Crippen LogP contribution < -0.4 is 4.90 Å². The summed E-state index contributed by atoms with van der Waals surface area (Å²) in [6.07, 6.45) is 6.02. The third-order valence-corrected chi connectivity index (χ3v) is 6.21. The molecule has 3 rings (SSSR count). The quantitative estimate of drug-likeness (QED) is 0.740. The smallest absolute Gasteiger partial charge is 0.225 e. The predicted octanol–water partition coefficient (Wildman–Crippen LogP) is 4.68. The van der Waals surface area contributed by atoms with Gasteiger partial charge in [-0.1, -0.05) is 31.0 Å². The van der Waals surface area contributed by atoms with Crippen molar-refractivity contribution in [3.8, 4) is 0 Å². The van der Waals surface area contributed by atoms with Gasteiger partial charge < -0.3 is 4.90 Å². The van der Waals surface area contributed by atoms with Gasteiger partial charge in [-0.2, -0.15) is 0 Å². The van der Waals surface area contributed by atoms with E-state index in [0.717, 1.165) is 23.7 Å². The number of nitrogens with zero attached hydrogens (tertiary/aromatic N) is 3. The van der Waals surface area contributed by atoms with Crippen molar-refractivity contribution in [1.82, 2.24) is 4.90 Å². The van der Waals surface area contributed by atoms with Gasteiger partial charge in [0.2, 0.25) is 5.91 Å². The third-order valence-electron chi connectivity index (χ3n) is 4.99.